The summed E-state index contributed by atoms with van der Waals surface area (Å²) in [6.07, 6.45) is 7.05. The maximum atomic E-state index is 12.0. The largest absolute Gasteiger partial charge is 0.490 e. The van der Waals surface area contributed by atoms with Crippen LogP contribution in [0.15, 0.2) is 78.7 Å². The van der Waals surface area contributed by atoms with Gasteiger partial charge < -0.3 is 9.47 Å². The summed E-state index contributed by atoms with van der Waals surface area (Å²) in [5.74, 6) is 0.790. The van der Waals surface area contributed by atoms with E-state index in [4.69, 9.17) is 32.7 Å². The van der Waals surface area contributed by atoms with Gasteiger partial charge >= 0.3 is 0 Å². The van der Waals surface area contributed by atoms with E-state index < -0.39 is 0 Å². The lowest BCUT2D eigenvalue weighted by atomic mass is 10.1. The monoisotopic (exact) mass is 469 g/mol. The second-order valence-electron chi connectivity index (χ2n) is 6.55. The molecule has 0 bridgehead atoms. The number of ether oxygens (including phenoxy) is 2. The van der Waals surface area contributed by atoms with Crippen molar-refractivity contribution in [2.75, 3.05) is 13.2 Å². The van der Waals surface area contributed by atoms with Crippen molar-refractivity contribution in [3.8, 4) is 11.5 Å². The molecule has 3 rings (SSSR count). The molecule has 0 unspecified atom stereocenters. The minimum atomic E-state index is -0.351. The van der Waals surface area contributed by atoms with Crippen LogP contribution >= 0.6 is 23.2 Å². The van der Waals surface area contributed by atoms with Crippen LogP contribution in [0, 0.1) is 0 Å². The quantitative estimate of drug-likeness (QED) is 0.188. The second kappa shape index (κ2) is 11.9. The Balaban J connectivity index is 1.54. The zero-order valence-corrected chi connectivity index (χ0v) is 18.6. The Hall–Kier alpha value is -3.35. The van der Waals surface area contributed by atoms with Crippen LogP contribution in [-0.2, 0) is 6.42 Å². The van der Waals surface area contributed by atoms with Crippen molar-refractivity contribution in [1.29, 1.82) is 0 Å². The Labute approximate surface area is 196 Å². The van der Waals surface area contributed by atoms with E-state index in [-0.39, 0.29) is 12.5 Å². The van der Waals surface area contributed by atoms with E-state index in [1.165, 1.54) is 18.6 Å². The van der Waals surface area contributed by atoms with Crippen LogP contribution in [0.4, 0.5) is 0 Å². The van der Waals surface area contributed by atoms with Gasteiger partial charge in [-0.05, 0) is 47.9 Å². The molecule has 0 atom stereocenters. The molecule has 8 heteroatoms. The number of nitrogens with zero attached hydrogens (tertiary/aromatic N) is 2. The SMILES string of the molecule is C=CCc1ccccc1OCCOc1c(Cl)cc(/C=N\NC(=O)c2ccncc2)cc1Cl. The molecule has 32 heavy (non-hydrogen) atoms. The van der Waals surface area contributed by atoms with Gasteiger partial charge in [-0.25, -0.2) is 5.43 Å². The van der Waals surface area contributed by atoms with E-state index in [1.807, 2.05) is 30.3 Å². The van der Waals surface area contributed by atoms with Gasteiger partial charge in [0.25, 0.3) is 5.91 Å². The van der Waals surface area contributed by atoms with E-state index in [0.717, 1.165) is 17.7 Å². The zero-order chi connectivity index (χ0) is 22.8. The Morgan fingerprint density at radius 2 is 1.75 bits per heavy atom. The molecule has 0 aliphatic heterocycles. The number of halogens is 2. The van der Waals surface area contributed by atoms with Gasteiger partial charge in [-0.2, -0.15) is 5.10 Å². The number of hydrogen-bond donors (Lipinski definition) is 1. The molecule has 0 saturated carbocycles. The van der Waals surface area contributed by atoms with Crippen molar-refractivity contribution in [3.63, 3.8) is 0 Å². The smallest absolute Gasteiger partial charge is 0.271 e. The second-order valence-corrected chi connectivity index (χ2v) is 7.36. The fourth-order valence-corrected chi connectivity index (χ4v) is 3.40. The lowest BCUT2D eigenvalue weighted by Gasteiger charge is -2.13. The van der Waals surface area contributed by atoms with E-state index in [2.05, 4.69) is 22.1 Å². The topological polar surface area (TPSA) is 72.8 Å². The first kappa shape index (κ1) is 23.3. The minimum Gasteiger partial charge on any atom is -0.490 e. The third kappa shape index (κ3) is 6.57. The molecule has 164 valence electrons. The van der Waals surface area contributed by atoms with Crippen LogP contribution in [0.1, 0.15) is 21.5 Å². The highest BCUT2D eigenvalue weighted by molar-refractivity contribution is 6.37. The number of rotatable bonds is 10. The van der Waals surface area contributed by atoms with Gasteiger partial charge in [0, 0.05) is 18.0 Å². The van der Waals surface area contributed by atoms with Crippen molar-refractivity contribution in [3.05, 3.63) is 100 Å². The molecule has 0 radical (unpaired) electrons. The van der Waals surface area contributed by atoms with Gasteiger partial charge in [0.05, 0.1) is 16.3 Å². The lowest BCUT2D eigenvalue weighted by molar-refractivity contribution is 0.0955. The molecule has 1 N–H and O–H groups in total. The molecule has 0 aliphatic rings. The summed E-state index contributed by atoms with van der Waals surface area (Å²) in [5, 5.41) is 4.58. The molecule has 3 aromatic rings. The third-order valence-electron chi connectivity index (χ3n) is 4.27. The highest BCUT2D eigenvalue weighted by Crippen LogP contribution is 2.33. The Morgan fingerprint density at radius 3 is 2.47 bits per heavy atom. The molecule has 0 saturated heterocycles. The number of aromatic nitrogens is 1. The summed E-state index contributed by atoms with van der Waals surface area (Å²) in [6.45, 7) is 4.34. The van der Waals surface area contributed by atoms with Crippen molar-refractivity contribution >= 4 is 35.3 Å². The number of nitrogens with one attached hydrogen (secondary N) is 1. The van der Waals surface area contributed by atoms with Gasteiger partial charge in [-0.1, -0.05) is 47.5 Å². The van der Waals surface area contributed by atoms with E-state index in [9.17, 15) is 4.79 Å². The fraction of sp³-hybridized carbons (Fsp3) is 0.125. The molecule has 0 fully saturated rings. The van der Waals surface area contributed by atoms with Gasteiger partial charge in [0.2, 0.25) is 0 Å². The van der Waals surface area contributed by atoms with Crippen molar-refractivity contribution in [1.82, 2.24) is 10.4 Å². The number of hydrazone groups is 1. The first-order chi connectivity index (χ1) is 15.6. The Morgan fingerprint density at radius 1 is 1.06 bits per heavy atom. The average molecular weight is 470 g/mol. The van der Waals surface area contributed by atoms with Gasteiger partial charge in [-0.3, -0.25) is 9.78 Å². The molecule has 1 amide bonds. The number of para-hydroxylation sites is 1. The van der Waals surface area contributed by atoms with Crippen LogP contribution in [0.2, 0.25) is 10.0 Å². The summed E-state index contributed by atoms with van der Waals surface area (Å²) >= 11 is 12.6. The van der Waals surface area contributed by atoms with Crippen LogP contribution < -0.4 is 14.9 Å². The Kier molecular flexibility index (Phi) is 8.66. The third-order valence-corrected chi connectivity index (χ3v) is 4.83. The predicted molar refractivity (Wildman–Crippen MR) is 127 cm³/mol. The standard InChI is InChI=1S/C24H21Cl2N3O3/c1-2-5-18-6-3-4-7-22(18)31-12-13-32-23-20(25)14-17(15-21(23)26)16-28-29-24(30)19-8-10-27-11-9-19/h2-4,6-11,14-16H,1,5,12-13H2,(H,29,30)/b28-16-. The average Bonchev–Trinajstić information content (AvgIpc) is 2.80. The maximum Gasteiger partial charge on any atom is 0.271 e. The van der Waals surface area contributed by atoms with Gasteiger partial charge in [0.15, 0.2) is 5.75 Å². The maximum absolute atomic E-state index is 12.0. The van der Waals surface area contributed by atoms with Crippen LogP contribution in [0.25, 0.3) is 0 Å². The molecule has 0 spiro atoms. The zero-order valence-electron chi connectivity index (χ0n) is 17.1. The number of benzene rings is 2. The first-order valence-electron chi connectivity index (χ1n) is 9.75. The minimum absolute atomic E-state index is 0.261. The summed E-state index contributed by atoms with van der Waals surface area (Å²) in [7, 11) is 0. The summed E-state index contributed by atoms with van der Waals surface area (Å²) in [6, 6.07) is 14.2. The van der Waals surface area contributed by atoms with E-state index in [0.29, 0.717) is 33.5 Å². The first-order valence-corrected chi connectivity index (χ1v) is 10.5. The predicted octanol–water partition coefficient (Wildman–Crippen LogP) is 5.34. The number of carbonyl (C=O) groups excluding carboxylic acids is 1. The molecule has 0 aliphatic carbocycles. The van der Waals surface area contributed by atoms with E-state index in [1.54, 1.807) is 24.3 Å². The van der Waals surface area contributed by atoms with Crippen LogP contribution in [0.3, 0.4) is 0 Å². The highest BCUT2D eigenvalue weighted by atomic mass is 35.5. The molecule has 2 aromatic carbocycles. The summed E-state index contributed by atoms with van der Waals surface area (Å²) < 4.78 is 11.5. The molecule has 6 nitrogen and oxygen atoms in total. The number of hydrogen-bond acceptors (Lipinski definition) is 5. The van der Waals surface area contributed by atoms with Gasteiger partial charge in [-0.15, -0.1) is 6.58 Å². The number of amides is 1. The van der Waals surface area contributed by atoms with Crippen LogP contribution in [-0.4, -0.2) is 30.3 Å². The van der Waals surface area contributed by atoms with Crippen molar-refractivity contribution in [2.24, 2.45) is 5.10 Å². The molecule has 1 aromatic heterocycles. The normalized spacial score (nSPS) is 10.7. The molecule has 1 heterocycles. The van der Waals surface area contributed by atoms with Crippen molar-refractivity contribution in [2.45, 2.75) is 6.42 Å². The summed E-state index contributed by atoms with van der Waals surface area (Å²) in [4.78, 5) is 15.9. The highest BCUT2D eigenvalue weighted by Gasteiger charge is 2.10. The number of pyridine rings is 1. The van der Waals surface area contributed by atoms with E-state index >= 15 is 0 Å². The molecular weight excluding hydrogens is 449 g/mol. The molecular formula is C24H21Cl2N3O3. The summed E-state index contributed by atoms with van der Waals surface area (Å²) in [5.41, 5.74) is 4.55. The van der Waals surface area contributed by atoms with Crippen molar-refractivity contribution < 1.29 is 14.3 Å². The number of allylic oxidation sites excluding steroid dienone is 1. The lowest BCUT2D eigenvalue weighted by Crippen LogP contribution is -2.17. The Bertz CT molecular complexity index is 1080. The number of carbonyl (C=O) groups is 1. The van der Waals surface area contributed by atoms with Gasteiger partial charge in [0.1, 0.15) is 19.0 Å². The fourth-order valence-electron chi connectivity index (χ4n) is 2.79. The van der Waals surface area contributed by atoms with Crippen LogP contribution in [0.5, 0.6) is 11.5 Å².